The minimum atomic E-state index is -1.96. The molecular weight excluding hydrogens is 371 g/mol. The molecule has 158 valence electrons. The lowest BCUT2D eigenvalue weighted by Crippen LogP contribution is -2.52. The molecule has 0 amide bonds. The van der Waals surface area contributed by atoms with Crippen molar-refractivity contribution in [2.45, 2.75) is 69.6 Å². The molecule has 2 rings (SSSR count). The van der Waals surface area contributed by atoms with Crippen molar-refractivity contribution in [2.75, 3.05) is 18.9 Å². The van der Waals surface area contributed by atoms with Gasteiger partial charge in [0.15, 0.2) is 12.4 Å². The van der Waals surface area contributed by atoms with Crippen LogP contribution >= 0.6 is 0 Å². The molecule has 0 saturated carbocycles. The molecule has 28 heavy (non-hydrogen) atoms. The molecular formula is C18H29FN4O5. The number of aliphatic hydroxyl groups is 1. The fourth-order valence-electron chi connectivity index (χ4n) is 3.15. The topological polar surface area (TPSA) is 143 Å². The zero-order valence-corrected chi connectivity index (χ0v) is 16.1. The van der Waals surface area contributed by atoms with Gasteiger partial charge < -0.3 is 26.0 Å². The SMILES string of the molecule is CCCCCCCC(=O)OC[C@@]1(CN)O[C@@H](n2ccc(N)nc2=O)[C@H](F)[C@@H]1O. The van der Waals surface area contributed by atoms with E-state index in [1.807, 2.05) is 0 Å². The third-order valence-corrected chi connectivity index (χ3v) is 4.90. The molecule has 9 nitrogen and oxygen atoms in total. The minimum absolute atomic E-state index is 0.0202. The summed E-state index contributed by atoms with van der Waals surface area (Å²) in [7, 11) is 0. The smallest absolute Gasteiger partial charge is 0.351 e. The molecule has 0 spiro atoms. The highest BCUT2D eigenvalue weighted by Gasteiger charge is 2.56. The molecule has 10 heteroatoms. The lowest BCUT2D eigenvalue weighted by atomic mass is 9.97. The molecule has 0 aromatic carbocycles. The van der Waals surface area contributed by atoms with E-state index in [0.29, 0.717) is 6.42 Å². The Morgan fingerprint density at radius 3 is 2.79 bits per heavy atom. The van der Waals surface area contributed by atoms with Crippen molar-refractivity contribution < 1.29 is 23.8 Å². The van der Waals surface area contributed by atoms with E-state index in [1.54, 1.807) is 0 Å². The number of carbonyl (C=O) groups excluding carboxylic acids is 1. The van der Waals surface area contributed by atoms with Crippen LogP contribution in [0.25, 0.3) is 0 Å². The first-order valence-electron chi connectivity index (χ1n) is 9.55. The standard InChI is InChI=1S/C18H29FN4O5/c1-2-3-4-5-6-7-13(24)27-11-18(10-20)15(25)14(19)16(28-18)23-9-8-12(21)22-17(23)26/h8-9,14-16,25H,2-7,10-11,20H2,1H3,(H2,21,22,26)/t14-,15+,16-,18-/m1/s1. The van der Waals surface area contributed by atoms with Crippen molar-refractivity contribution in [3.05, 3.63) is 22.7 Å². The van der Waals surface area contributed by atoms with Crippen LogP contribution in [0.15, 0.2) is 17.1 Å². The summed E-state index contributed by atoms with van der Waals surface area (Å²) in [6.45, 7) is 1.39. The van der Waals surface area contributed by atoms with Crippen LogP contribution < -0.4 is 17.2 Å². The van der Waals surface area contributed by atoms with Crippen LogP contribution in [0.1, 0.15) is 51.7 Å². The minimum Gasteiger partial charge on any atom is -0.462 e. The molecule has 1 saturated heterocycles. The van der Waals surface area contributed by atoms with Gasteiger partial charge in [-0.25, -0.2) is 9.18 Å². The number of ether oxygens (including phenoxy) is 2. The second-order valence-corrected chi connectivity index (χ2v) is 7.03. The molecule has 2 heterocycles. The maximum absolute atomic E-state index is 14.7. The Bertz CT molecular complexity index is 715. The Kier molecular flexibility index (Phi) is 7.90. The molecule has 0 radical (unpaired) electrons. The number of nitrogen functional groups attached to an aromatic ring is 1. The number of esters is 1. The molecule has 1 fully saturated rings. The van der Waals surface area contributed by atoms with Crippen molar-refractivity contribution in [3.63, 3.8) is 0 Å². The number of hydrogen-bond donors (Lipinski definition) is 3. The molecule has 1 aliphatic heterocycles. The average Bonchev–Trinajstić information content (AvgIpc) is 2.92. The molecule has 0 unspecified atom stereocenters. The summed E-state index contributed by atoms with van der Waals surface area (Å²) in [6, 6.07) is 1.31. The van der Waals surface area contributed by atoms with Crippen LogP contribution in [0, 0.1) is 0 Å². The van der Waals surface area contributed by atoms with Gasteiger partial charge in [-0.15, -0.1) is 0 Å². The monoisotopic (exact) mass is 400 g/mol. The van der Waals surface area contributed by atoms with Crippen LogP contribution in [-0.2, 0) is 14.3 Å². The van der Waals surface area contributed by atoms with E-state index < -0.39 is 42.4 Å². The zero-order chi connectivity index (χ0) is 20.7. The van der Waals surface area contributed by atoms with Gasteiger partial charge in [0.25, 0.3) is 0 Å². The highest BCUT2D eigenvalue weighted by atomic mass is 19.1. The van der Waals surface area contributed by atoms with Crippen molar-refractivity contribution in [1.82, 2.24) is 9.55 Å². The van der Waals surface area contributed by atoms with Gasteiger partial charge in [-0.1, -0.05) is 32.6 Å². The van der Waals surface area contributed by atoms with Gasteiger partial charge in [0.05, 0.1) is 0 Å². The fraction of sp³-hybridized carbons (Fsp3) is 0.722. The molecule has 1 aromatic rings. The number of alkyl halides is 1. The molecule has 0 aliphatic carbocycles. The number of unbranched alkanes of at least 4 members (excludes halogenated alkanes) is 4. The summed E-state index contributed by atoms with van der Waals surface area (Å²) < 4.78 is 26.3. The van der Waals surface area contributed by atoms with Gasteiger partial charge in [0.2, 0.25) is 0 Å². The number of nitrogens with two attached hydrogens (primary N) is 2. The maximum atomic E-state index is 14.7. The Labute approximate surface area is 162 Å². The summed E-state index contributed by atoms with van der Waals surface area (Å²) in [5.41, 5.74) is 8.66. The van der Waals surface area contributed by atoms with Crippen molar-refractivity contribution >= 4 is 11.8 Å². The summed E-state index contributed by atoms with van der Waals surface area (Å²) in [6.07, 6.45) is 1.25. The van der Waals surface area contributed by atoms with Gasteiger partial charge in [-0.05, 0) is 12.5 Å². The van der Waals surface area contributed by atoms with Gasteiger partial charge >= 0.3 is 11.7 Å². The number of aliphatic hydroxyl groups excluding tert-OH is 1. The van der Waals surface area contributed by atoms with Gasteiger partial charge in [-0.2, -0.15) is 4.98 Å². The fourth-order valence-corrected chi connectivity index (χ4v) is 3.15. The van der Waals surface area contributed by atoms with Crippen LogP contribution in [0.4, 0.5) is 10.2 Å². The second kappa shape index (κ2) is 9.94. The molecule has 1 aromatic heterocycles. The number of aromatic nitrogens is 2. The third-order valence-electron chi connectivity index (χ3n) is 4.90. The Morgan fingerprint density at radius 1 is 1.43 bits per heavy atom. The molecule has 5 N–H and O–H groups in total. The number of rotatable bonds is 10. The van der Waals surface area contributed by atoms with Crippen LogP contribution in [0.5, 0.6) is 0 Å². The van der Waals surface area contributed by atoms with E-state index in [9.17, 15) is 19.1 Å². The number of hydrogen-bond acceptors (Lipinski definition) is 8. The van der Waals surface area contributed by atoms with E-state index in [0.717, 1.165) is 30.3 Å². The lowest BCUT2D eigenvalue weighted by molar-refractivity contribution is -0.164. The molecule has 0 bridgehead atoms. The van der Waals surface area contributed by atoms with E-state index in [1.165, 1.54) is 12.3 Å². The number of anilines is 1. The summed E-state index contributed by atoms with van der Waals surface area (Å²) in [5.74, 6) is -0.488. The summed E-state index contributed by atoms with van der Waals surface area (Å²) in [4.78, 5) is 27.4. The second-order valence-electron chi connectivity index (χ2n) is 7.03. The first-order valence-corrected chi connectivity index (χ1v) is 9.55. The van der Waals surface area contributed by atoms with E-state index in [-0.39, 0.29) is 18.8 Å². The largest absolute Gasteiger partial charge is 0.462 e. The van der Waals surface area contributed by atoms with Crippen molar-refractivity contribution in [2.24, 2.45) is 5.73 Å². The molecule has 1 aliphatic rings. The van der Waals surface area contributed by atoms with Crippen LogP contribution in [0.2, 0.25) is 0 Å². The number of halogens is 1. The van der Waals surface area contributed by atoms with Crippen LogP contribution in [0.3, 0.4) is 0 Å². The van der Waals surface area contributed by atoms with Gasteiger partial charge in [0, 0.05) is 19.2 Å². The summed E-state index contributed by atoms with van der Waals surface area (Å²) >= 11 is 0. The Hall–Kier alpha value is -2.04. The predicted octanol–water partition coefficient (Wildman–Crippen LogP) is 0.655. The summed E-state index contributed by atoms with van der Waals surface area (Å²) in [5, 5.41) is 10.3. The van der Waals surface area contributed by atoms with Crippen molar-refractivity contribution in [3.8, 4) is 0 Å². The van der Waals surface area contributed by atoms with E-state index in [4.69, 9.17) is 20.9 Å². The normalized spacial score (nSPS) is 27.1. The van der Waals surface area contributed by atoms with Crippen molar-refractivity contribution in [1.29, 1.82) is 0 Å². The zero-order valence-electron chi connectivity index (χ0n) is 16.1. The van der Waals surface area contributed by atoms with E-state index >= 15 is 0 Å². The van der Waals surface area contributed by atoms with Gasteiger partial charge in [-0.3, -0.25) is 9.36 Å². The maximum Gasteiger partial charge on any atom is 0.351 e. The Balaban J connectivity index is 1.99. The number of nitrogens with zero attached hydrogens (tertiary/aromatic N) is 2. The average molecular weight is 400 g/mol. The highest BCUT2D eigenvalue weighted by molar-refractivity contribution is 5.69. The first-order chi connectivity index (χ1) is 13.3. The third kappa shape index (κ3) is 5.06. The lowest BCUT2D eigenvalue weighted by Gasteiger charge is -2.29. The predicted molar refractivity (Wildman–Crippen MR) is 100 cm³/mol. The van der Waals surface area contributed by atoms with E-state index in [2.05, 4.69) is 11.9 Å². The molecule has 4 atom stereocenters. The number of carbonyl (C=O) groups is 1. The Morgan fingerprint density at radius 2 is 2.14 bits per heavy atom. The first kappa shape index (κ1) is 22.3. The van der Waals surface area contributed by atoms with Gasteiger partial charge in [0.1, 0.15) is 24.1 Å². The highest BCUT2D eigenvalue weighted by Crippen LogP contribution is 2.38. The van der Waals surface area contributed by atoms with Crippen LogP contribution in [-0.4, -0.2) is 51.7 Å². The quantitative estimate of drug-likeness (QED) is 0.384.